The molecule has 1 N–H and O–H groups in total. The second-order valence-corrected chi connectivity index (χ2v) is 6.34. The van der Waals surface area contributed by atoms with Gasteiger partial charge in [-0.1, -0.05) is 18.7 Å². The zero-order chi connectivity index (χ0) is 16.1. The number of aryl methyl sites for hydroxylation is 1. The Balaban J connectivity index is 2.05. The van der Waals surface area contributed by atoms with Gasteiger partial charge in [-0.05, 0) is 19.8 Å². The standard InChI is InChI=1S/C15H23N3O3S/c1-4-12-10(2)17-15-18(14(12)20)11(9-22-15)8-13(19)16-6-5-7-21-3/h11H,4-9H2,1-3H3,(H,16,19). The number of ether oxygens (including phenoxy) is 1. The van der Waals surface area contributed by atoms with E-state index in [4.69, 9.17) is 4.74 Å². The Kier molecular flexibility index (Phi) is 6.02. The van der Waals surface area contributed by atoms with Crippen LogP contribution in [0.5, 0.6) is 0 Å². The van der Waals surface area contributed by atoms with Crippen molar-refractivity contribution in [3.05, 3.63) is 21.6 Å². The summed E-state index contributed by atoms with van der Waals surface area (Å²) in [5.74, 6) is 0.695. The highest BCUT2D eigenvalue weighted by Gasteiger charge is 2.28. The number of thioether (sulfide) groups is 1. The van der Waals surface area contributed by atoms with Gasteiger partial charge in [0.2, 0.25) is 5.91 Å². The van der Waals surface area contributed by atoms with Crippen LogP contribution < -0.4 is 10.9 Å². The van der Waals surface area contributed by atoms with E-state index in [9.17, 15) is 9.59 Å². The fourth-order valence-corrected chi connectivity index (χ4v) is 3.79. The van der Waals surface area contributed by atoms with Crippen molar-refractivity contribution in [1.29, 1.82) is 0 Å². The van der Waals surface area contributed by atoms with E-state index >= 15 is 0 Å². The van der Waals surface area contributed by atoms with Crippen molar-refractivity contribution in [3.63, 3.8) is 0 Å². The van der Waals surface area contributed by atoms with Crippen molar-refractivity contribution in [2.75, 3.05) is 26.0 Å². The maximum absolute atomic E-state index is 12.6. The van der Waals surface area contributed by atoms with Crippen LogP contribution in [0.15, 0.2) is 9.95 Å². The van der Waals surface area contributed by atoms with Gasteiger partial charge >= 0.3 is 0 Å². The molecule has 7 heteroatoms. The highest BCUT2D eigenvalue weighted by molar-refractivity contribution is 7.99. The molecule has 0 bridgehead atoms. The predicted octanol–water partition coefficient (Wildman–Crippen LogP) is 1.30. The highest BCUT2D eigenvalue weighted by atomic mass is 32.2. The lowest BCUT2D eigenvalue weighted by Gasteiger charge is -2.15. The largest absolute Gasteiger partial charge is 0.385 e. The molecular formula is C15H23N3O3S. The Morgan fingerprint density at radius 3 is 3.00 bits per heavy atom. The molecule has 6 nitrogen and oxygen atoms in total. The third-order valence-corrected chi connectivity index (χ3v) is 4.87. The average molecular weight is 325 g/mol. The van der Waals surface area contributed by atoms with E-state index in [2.05, 4.69) is 10.3 Å². The van der Waals surface area contributed by atoms with Gasteiger partial charge in [0, 0.05) is 43.7 Å². The van der Waals surface area contributed by atoms with Gasteiger partial charge < -0.3 is 10.1 Å². The molecule has 0 saturated heterocycles. The van der Waals surface area contributed by atoms with Crippen molar-refractivity contribution < 1.29 is 9.53 Å². The summed E-state index contributed by atoms with van der Waals surface area (Å²) in [6.07, 6.45) is 1.78. The number of carbonyl (C=O) groups excluding carboxylic acids is 1. The molecule has 1 unspecified atom stereocenters. The number of hydrogen-bond donors (Lipinski definition) is 1. The third-order valence-electron chi connectivity index (χ3n) is 3.78. The summed E-state index contributed by atoms with van der Waals surface area (Å²) in [5.41, 5.74) is 1.56. The van der Waals surface area contributed by atoms with Crippen LogP contribution in [-0.4, -0.2) is 41.5 Å². The Bertz CT molecular complexity index is 600. The molecule has 0 saturated carbocycles. The molecule has 1 aliphatic rings. The zero-order valence-corrected chi connectivity index (χ0v) is 14.2. The van der Waals surface area contributed by atoms with E-state index in [0.29, 0.717) is 26.0 Å². The number of methoxy groups -OCH3 is 1. The number of aromatic nitrogens is 2. The molecular weight excluding hydrogens is 302 g/mol. The summed E-state index contributed by atoms with van der Waals surface area (Å²) in [7, 11) is 1.64. The zero-order valence-electron chi connectivity index (χ0n) is 13.3. The Morgan fingerprint density at radius 1 is 1.55 bits per heavy atom. The molecule has 0 spiro atoms. The molecule has 0 radical (unpaired) electrons. The number of nitrogens with one attached hydrogen (secondary N) is 1. The normalized spacial score (nSPS) is 16.6. The molecule has 0 aliphatic carbocycles. The summed E-state index contributed by atoms with van der Waals surface area (Å²) in [6.45, 7) is 5.06. The van der Waals surface area contributed by atoms with Crippen LogP contribution in [0.3, 0.4) is 0 Å². The van der Waals surface area contributed by atoms with Gasteiger partial charge in [0.25, 0.3) is 5.56 Å². The topological polar surface area (TPSA) is 73.2 Å². The molecule has 1 aromatic rings. The minimum absolute atomic E-state index is 0.00665. The quantitative estimate of drug-likeness (QED) is 0.604. The first-order chi connectivity index (χ1) is 10.6. The van der Waals surface area contributed by atoms with E-state index in [1.165, 1.54) is 0 Å². The van der Waals surface area contributed by atoms with Crippen LogP contribution in [0, 0.1) is 6.92 Å². The van der Waals surface area contributed by atoms with E-state index < -0.39 is 0 Å². The number of fused-ring (bicyclic) bond motifs is 1. The summed E-state index contributed by atoms with van der Waals surface area (Å²) in [4.78, 5) is 29.1. The Morgan fingerprint density at radius 2 is 2.32 bits per heavy atom. The second kappa shape index (κ2) is 7.78. The van der Waals surface area contributed by atoms with Gasteiger partial charge in [-0.3, -0.25) is 14.2 Å². The Labute approximate surface area is 134 Å². The van der Waals surface area contributed by atoms with Gasteiger partial charge in [-0.2, -0.15) is 0 Å². The van der Waals surface area contributed by atoms with Crippen molar-refractivity contribution >= 4 is 17.7 Å². The van der Waals surface area contributed by atoms with E-state index in [0.717, 1.165) is 28.6 Å². The first-order valence-corrected chi connectivity index (χ1v) is 8.57. The first kappa shape index (κ1) is 17.0. The fraction of sp³-hybridized carbons (Fsp3) is 0.667. The van der Waals surface area contributed by atoms with Crippen LogP contribution in [0.2, 0.25) is 0 Å². The molecule has 1 aliphatic heterocycles. The van der Waals surface area contributed by atoms with Crippen LogP contribution in [-0.2, 0) is 16.0 Å². The summed E-state index contributed by atoms with van der Waals surface area (Å²) < 4.78 is 6.65. The smallest absolute Gasteiger partial charge is 0.257 e. The van der Waals surface area contributed by atoms with E-state index in [1.807, 2.05) is 13.8 Å². The molecule has 1 aromatic heterocycles. The van der Waals surface area contributed by atoms with Crippen LogP contribution in [0.1, 0.15) is 37.1 Å². The maximum atomic E-state index is 12.6. The molecule has 2 rings (SSSR count). The lowest BCUT2D eigenvalue weighted by Crippen LogP contribution is -2.33. The van der Waals surface area contributed by atoms with Crippen molar-refractivity contribution in [2.45, 2.75) is 44.3 Å². The number of hydrogen-bond acceptors (Lipinski definition) is 5. The van der Waals surface area contributed by atoms with Crippen LogP contribution in [0.25, 0.3) is 0 Å². The van der Waals surface area contributed by atoms with Gasteiger partial charge in [0.1, 0.15) is 0 Å². The van der Waals surface area contributed by atoms with Gasteiger partial charge in [-0.25, -0.2) is 4.98 Å². The molecule has 0 fully saturated rings. The Hall–Kier alpha value is -1.34. The SMILES string of the molecule is CCc1c(C)nc2n(c1=O)C(CC(=O)NCCCOC)CS2. The van der Waals surface area contributed by atoms with Crippen molar-refractivity contribution in [1.82, 2.24) is 14.9 Å². The molecule has 1 amide bonds. The van der Waals surface area contributed by atoms with Crippen molar-refractivity contribution in [2.24, 2.45) is 0 Å². The summed E-state index contributed by atoms with van der Waals surface area (Å²) in [6, 6.07) is -0.103. The second-order valence-electron chi connectivity index (χ2n) is 5.35. The number of carbonyl (C=O) groups is 1. The van der Waals surface area contributed by atoms with Gasteiger partial charge in [0.05, 0.1) is 6.04 Å². The lowest BCUT2D eigenvalue weighted by atomic mass is 10.1. The third kappa shape index (κ3) is 3.70. The molecule has 122 valence electrons. The molecule has 0 aromatic carbocycles. The summed E-state index contributed by atoms with van der Waals surface area (Å²) >= 11 is 1.55. The predicted molar refractivity (Wildman–Crippen MR) is 86.5 cm³/mol. The first-order valence-electron chi connectivity index (χ1n) is 7.58. The van der Waals surface area contributed by atoms with Crippen LogP contribution in [0.4, 0.5) is 0 Å². The number of amides is 1. The van der Waals surface area contributed by atoms with E-state index in [-0.39, 0.29) is 17.5 Å². The minimum atomic E-state index is -0.103. The monoisotopic (exact) mass is 325 g/mol. The summed E-state index contributed by atoms with van der Waals surface area (Å²) in [5, 5.41) is 3.60. The maximum Gasteiger partial charge on any atom is 0.257 e. The highest BCUT2D eigenvalue weighted by Crippen LogP contribution is 2.32. The average Bonchev–Trinajstić information content (AvgIpc) is 2.87. The molecule has 22 heavy (non-hydrogen) atoms. The van der Waals surface area contributed by atoms with Gasteiger partial charge in [0.15, 0.2) is 5.16 Å². The fourth-order valence-electron chi connectivity index (χ4n) is 2.61. The van der Waals surface area contributed by atoms with E-state index in [1.54, 1.807) is 23.4 Å². The molecule has 1 atom stereocenters. The van der Waals surface area contributed by atoms with Gasteiger partial charge in [-0.15, -0.1) is 0 Å². The number of nitrogens with zero attached hydrogens (tertiary/aromatic N) is 2. The lowest BCUT2D eigenvalue weighted by molar-refractivity contribution is -0.121. The number of rotatable bonds is 7. The minimum Gasteiger partial charge on any atom is -0.385 e. The molecule has 2 heterocycles. The van der Waals surface area contributed by atoms with Crippen molar-refractivity contribution in [3.8, 4) is 0 Å². The van der Waals surface area contributed by atoms with Crippen LogP contribution >= 0.6 is 11.8 Å².